The number of ether oxygens (including phenoxy) is 1. The van der Waals surface area contributed by atoms with Crippen LogP contribution in [-0.2, 0) is 19.4 Å². The fourth-order valence-corrected chi connectivity index (χ4v) is 2.80. The molecule has 110 valence electrons. The molecule has 1 aliphatic rings. The topological polar surface area (TPSA) is 25.4 Å². The Bertz CT molecular complexity index is 569. The van der Waals surface area contributed by atoms with E-state index in [4.69, 9.17) is 4.74 Å². The van der Waals surface area contributed by atoms with Gasteiger partial charge in [-0.2, -0.15) is 0 Å². The molecule has 21 heavy (non-hydrogen) atoms. The molecule has 3 heteroatoms. The minimum Gasteiger partial charge on any atom is -0.488 e. The van der Waals surface area contributed by atoms with Gasteiger partial charge in [0.05, 0.1) is 5.69 Å². The number of nitrogens with zero attached hydrogens (tertiary/aromatic N) is 2. The maximum absolute atomic E-state index is 5.99. The lowest BCUT2D eigenvalue weighted by Crippen LogP contribution is -2.31. The molecule has 0 unspecified atom stereocenters. The first-order chi connectivity index (χ1) is 10.2. The third kappa shape index (κ3) is 3.42. The largest absolute Gasteiger partial charge is 0.488 e. The van der Waals surface area contributed by atoms with Gasteiger partial charge < -0.3 is 4.74 Å². The summed E-state index contributed by atoms with van der Waals surface area (Å²) < 4.78 is 5.99. The summed E-state index contributed by atoms with van der Waals surface area (Å²) in [6, 6.07) is 12.6. The van der Waals surface area contributed by atoms with Gasteiger partial charge in [-0.3, -0.25) is 9.88 Å². The Morgan fingerprint density at radius 3 is 2.81 bits per heavy atom. The smallest absolute Gasteiger partial charge is 0.123 e. The zero-order valence-corrected chi connectivity index (χ0v) is 12.7. The average Bonchev–Trinajstić information content (AvgIpc) is 2.90. The highest BCUT2D eigenvalue weighted by atomic mass is 16.5. The van der Waals surface area contributed by atoms with Crippen LogP contribution in [-0.4, -0.2) is 29.6 Å². The summed E-state index contributed by atoms with van der Waals surface area (Å²) in [7, 11) is 2.13. The number of likely N-dealkylation sites (N-methyl/N-ethyl adjacent to an activating group) is 1. The number of rotatable bonds is 5. The van der Waals surface area contributed by atoms with Gasteiger partial charge in [0.2, 0.25) is 0 Å². The molecule has 3 rings (SSSR count). The number of aryl methyl sites for hydroxylation is 1. The Morgan fingerprint density at radius 1 is 1.24 bits per heavy atom. The normalized spacial score (nSPS) is 16.8. The first-order valence-electron chi connectivity index (χ1n) is 7.61. The summed E-state index contributed by atoms with van der Waals surface area (Å²) in [5.74, 6) is 1.04. The standard InChI is InChI=1S/C18H22N2O/c1-3-14-8-9-16(19-11-14)12-20(2)13-17-10-15-6-4-5-7-18(15)21-17/h4-9,11,17H,3,10,12-13H2,1-2H3/t17-/m0/s1. The van der Waals surface area contributed by atoms with E-state index < -0.39 is 0 Å². The van der Waals surface area contributed by atoms with E-state index in [1.807, 2.05) is 12.3 Å². The number of hydrogen-bond donors (Lipinski definition) is 0. The van der Waals surface area contributed by atoms with E-state index >= 15 is 0 Å². The summed E-state index contributed by atoms with van der Waals surface area (Å²) in [6.07, 6.45) is 4.27. The lowest BCUT2D eigenvalue weighted by atomic mass is 10.1. The van der Waals surface area contributed by atoms with Crippen molar-refractivity contribution in [2.24, 2.45) is 0 Å². The second-order valence-corrected chi connectivity index (χ2v) is 5.76. The van der Waals surface area contributed by atoms with Crippen LogP contribution in [0.4, 0.5) is 0 Å². The molecule has 0 bridgehead atoms. The van der Waals surface area contributed by atoms with E-state index in [2.05, 4.69) is 54.2 Å². The molecule has 1 aromatic carbocycles. The van der Waals surface area contributed by atoms with E-state index in [-0.39, 0.29) is 6.10 Å². The first-order valence-corrected chi connectivity index (χ1v) is 7.61. The molecule has 0 amide bonds. The molecule has 1 atom stereocenters. The SMILES string of the molecule is CCc1ccc(CN(C)C[C@@H]2Cc3ccccc3O2)nc1. The molecule has 1 aliphatic heterocycles. The summed E-state index contributed by atoms with van der Waals surface area (Å²) >= 11 is 0. The van der Waals surface area contributed by atoms with E-state index in [0.717, 1.165) is 37.4 Å². The quantitative estimate of drug-likeness (QED) is 0.842. The Kier molecular flexibility index (Phi) is 4.20. The fraction of sp³-hybridized carbons (Fsp3) is 0.389. The Labute approximate surface area is 126 Å². The predicted molar refractivity (Wildman–Crippen MR) is 84.5 cm³/mol. The van der Waals surface area contributed by atoms with Gasteiger partial charge in [-0.25, -0.2) is 0 Å². The number of benzene rings is 1. The van der Waals surface area contributed by atoms with Gasteiger partial charge in [0.15, 0.2) is 0 Å². The van der Waals surface area contributed by atoms with Crippen molar-refractivity contribution in [2.75, 3.05) is 13.6 Å². The second kappa shape index (κ2) is 6.27. The molecule has 0 spiro atoms. The highest BCUT2D eigenvalue weighted by Gasteiger charge is 2.23. The van der Waals surface area contributed by atoms with Crippen molar-refractivity contribution in [2.45, 2.75) is 32.4 Å². The van der Waals surface area contributed by atoms with Crippen molar-refractivity contribution < 1.29 is 4.74 Å². The fourth-order valence-electron chi connectivity index (χ4n) is 2.80. The van der Waals surface area contributed by atoms with Gasteiger partial charge in [-0.1, -0.05) is 31.2 Å². The van der Waals surface area contributed by atoms with E-state index in [1.54, 1.807) is 0 Å². The van der Waals surface area contributed by atoms with Gasteiger partial charge in [-0.05, 0) is 36.7 Å². The van der Waals surface area contributed by atoms with E-state index in [0.29, 0.717) is 0 Å². The lowest BCUT2D eigenvalue weighted by molar-refractivity contribution is 0.164. The van der Waals surface area contributed by atoms with Crippen molar-refractivity contribution in [3.63, 3.8) is 0 Å². The van der Waals surface area contributed by atoms with Crippen LogP contribution >= 0.6 is 0 Å². The van der Waals surface area contributed by atoms with Crippen molar-refractivity contribution in [3.8, 4) is 5.75 Å². The predicted octanol–water partition coefficient (Wildman–Crippen LogP) is 3.08. The van der Waals surface area contributed by atoms with Crippen LogP contribution in [0, 0.1) is 0 Å². The Hall–Kier alpha value is -1.87. The highest BCUT2D eigenvalue weighted by Crippen LogP contribution is 2.28. The molecule has 0 saturated heterocycles. The molecule has 3 nitrogen and oxygen atoms in total. The Balaban J connectivity index is 1.54. The lowest BCUT2D eigenvalue weighted by Gasteiger charge is -2.20. The van der Waals surface area contributed by atoms with Crippen LogP contribution in [0.15, 0.2) is 42.6 Å². The second-order valence-electron chi connectivity index (χ2n) is 5.76. The molecular formula is C18H22N2O. The number of aromatic nitrogens is 1. The van der Waals surface area contributed by atoms with Crippen molar-refractivity contribution in [1.29, 1.82) is 0 Å². The average molecular weight is 282 g/mol. The monoisotopic (exact) mass is 282 g/mol. The van der Waals surface area contributed by atoms with Crippen molar-refractivity contribution in [1.82, 2.24) is 9.88 Å². The maximum Gasteiger partial charge on any atom is 0.123 e. The van der Waals surface area contributed by atoms with Crippen molar-refractivity contribution in [3.05, 3.63) is 59.4 Å². The highest BCUT2D eigenvalue weighted by molar-refractivity contribution is 5.37. The molecule has 0 fully saturated rings. The van der Waals surface area contributed by atoms with Gasteiger partial charge >= 0.3 is 0 Å². The molecule has 0 radical (unpaired) electrons. The van der Waals surface area contributed by atoms with E-state index in [9.17, 15) is 0 Å². The zero-order chi connectivity index (χ0) is 14.7. The van der Waals surface area contributed by atoms with Gasteiger partial charge in [-0.15, -0.1) is 0 Å². The van der Waals surface area contributed by atoms with E-state index in [1.165, 1.54) is 11.1 Å². The summed E-state index contributed by atoms with van der Waals surface area (Å²) in [4.78, 5) is 6.80. The summed E-state index contributed by atoms with van der Waals surface area (Å²) in [5, 5.41) is 0. The number of pyridine rings is 1. The molecule has 0 N–H and O–H groups in total. The van der Waals surface area contributed by atoms with Crippen LogP contribution in [0.25, 0.3) is 0 Å². The third-order valence-corrected chi connectivity index (χ3v) is 3.96. The summed E-state index contributed by atoms with van der Waals surface area (Å²) in [6.45, 7) is 3.93. The van der Waals surface area contributed by atoms with Gasteiger partial charge in [0.1, 0.15) is 11.9 Å². The van der Waals surface area contributed by atoms with Crippen LogP contribution in [0.2, 0.25) is 0 Å². The number of fused-ring (bicyclic) bond motifs is 1. The van der Waals surface area contributed by atoms with Crippen LogP contribution < -0.4 is 4.74 Å². The molecular weight excluding hydrogens is 260 g/mol. The first kappa shape index (κ1) is 14.1. The number of hydrogen-bond acceptors (Lipinski definition) is 3. The summed E-state index contributed by atoms with van der Waals surface area (Å²) in [5.41, 5.74) is 3.72. The maximum atomic E-state index is 5.99. The molecule has 0 saturated carbocycles. The molecule has 1 aromatic heterocycles. The molecule has 2 aromatic rings. The van der Waals surface area contributed by atoms with Crippen molar-refractivity contribution >= 4 is 0 Å². The molecule has 2 heterocycles. The third-order valence-electron chi connectivity index (χ3n) is 3.96. The van der Waals surface area contributed by atoms with Crippen LogP contribution in [0.3, 0.4) is 0 Å². The van der Waals surface area contributed by atoms with Crippen LogP contribution in [0.1, 0.15) is 23.7 Å². The number of para-hydroxylation sites is 1. The van der Waals surface area contributed by atoms with Gasteiger partial charge in [0, 0.05) is 25.7 Å². The zero-order valence-electron chi connectivity index (χ0n) is 12.7. The van der Waals surface area contributed by atoms with Crippen LogP contribution in [0.5, 0.6) is 5.75 Å². The minimum absolute atomic E-state index is 0.252. The minimum atomic E-state index is 0.252. The molecule has 0 aliphatic carbocycles. The Morgan fingerprint density at radius 2 is 2.10 bits per heavy atom. The van der Waals surface area contributed by atoms with Gasteiger partial charge in [0.25, 0.3) is 0 Å².